The predicted molar refractivity (Wildman–Crippen MR) is 112 cm³/mol. The number of anilines is 1. The SMILES string of the molecule is COc1cc(Cl)ccc1C(=O)Nc1ccc(-c2nc3ccccc3c(=O)o2)cc1. The zero-order valence-corrected chi connectivity index (χ0v) is 16.1. The van der Waals surface area contributed by atoms with Gasteiger partial charge in [-0.1, -0.05) is 23.7 Å². The third-order valence-electron chi connectivity index (χ3n) is 4.33. The van der Waals surface area contributed by atoms with Crippen molar-refractivity contribution in [2.45, 2.75) is 0 Å². The Morgan fingerprint density at radius 2 is 1.83 bits per heavy atom. The first-order chi connectivity index (χ1) is 14.0. The standard InChI is InChI=1S/C22H15ClN2O4/c1-28-19-12-14(23)8-11-17(19)20(26)24-15-9-6-13(7-10-15)21-25-18-5-3-2-4-16(18)22(27)29-21/h2-12H,1H3,(H,24,26). The highest BCUT2D eigenvalue weighted by atomic mass is 35.5. The van der Waals surface area contributed by atoms with Gasteiger partial charge in [0, 0.05) is 16.3 Å². The molecule has 1 amide bonds. The molecule has 0 saturated carbocycles. The maximum Gasteiger partial charge on any atom is 0.347 e. The number of hydrogen-bond acceptors (Lipinski definition) is 5. The molecule has 0 aliphatic carbocycles. The highest BCUT2D eigenvalue weighted by Crippen LogP contribution is 2.25. The highest BCUT2D eigenvalue weighted by Gasteiger charge is 2.14. The molecule has 1 heterocycles. The molecule has 0 saturated heterocycles. The molecule has 144 valence electrons. The minimum atomic E-state index is -0.446. The number of hydrogen-bond donors (Lipinski definition) is 1. The third-order valence-corrected chi connectivity index (χ3v) is 4.57. The molecular weight excluding hydrogens is 392 g/mol. The van der Waals surface area contributed by atoms with Crippen LogP contribution in [0.15, 0.2) is 75.9 Å². The van der Waals surface area contributed by atoms with Crippen LogP contribution in [0.1, 0.15) is 10.4 Å². The van der Waals surface area contributed by atoms with Gasteiger partial charge in [0.1, 0.15) is 5.75 Å². The van der Waals surface area contributed by atoms with E-state index >= 15 is 0 Å². The summed E-state index contributed by atoms with van der Waals surface area (Å²) in [5.74, 6) is 0.265. The van der Waals surface area contributed by atoms with Crippen LogP contribution in [0, 0.1) is 0 Å². The molecular formula is C22H15ClN2O4. The molecule has 29 heavy (non-hydrogen) atoms. The van der Waals surface area contributed by atoms with Crippen LogP contribution in [0.25, 0.3) is 22.4 Å². The lowest BCUT2D eigenvalue weighted by atomic mass is 10.1. The molecule has 6 nitrogen and oxygen atoms in total. The lowest BCUT2D eigenvalue weighted by molar-refractivity contribution is 0.102. The van der Waals surface area contributed by atoms with Crippen LogP contribution < -0.4 is 15.7 Å². The minimum absolute atomic E-state index is 0.214. The average Bonchev–Trinajstić information content (AvgIpc) is 2.74. The summed E-state index contributed by atoms with van der Waals surface area (Å²) in [5.41, 5.74) is 1.67. The molecule has 0 atom stereocenters. The molecule has 0 radical (unpaired) electrons. The van der Waals surface area contributed by atoms with E-state index in [9.17, 15) is 9.59 Å². The Morgan fingerprint density at radius 3 is 2.59 bits per heavy atom. The number of halogens is 1. The summed E-state index contributed by atoms with van der Waals surface area (Å²) in [5, 5.41) is 3.70. The third kappa shape index (κ3) is 3.83. The summed E-state index contributed by atoms with van der Waals surface area (Å²) >= 11 is 5.93. The Labute approximate surface area is 170 Å². The van der Waals surface area contributed by atoms with Gasteiger partial charge in [0.15, 0.2) is 0 Å². The number of aromatic nitrogens is 1. The number of rotatable bonds is 4. The number of carbonyl (C=O) groups excluding carboxylic acids is 1. The van der Waals surface area contributed by atoms with Crippen LogP contribution >= 0.6 is 11.6 Å². The van der Waals surface area contributed by atoms with E-state index in [0.717, 1.165) is 0 Å². The topological polar surface area (TPSA) is 81.4 Å². The van der Waals surface area contributed by atoms with Gasteiger partial charge >= 0.3 is 5.63 Å². The van der Waals surface area contributed by atoms with Gasteiger partial charge in [-0.25, -0.2) is 9.78 Å². The quantitative estimate of drug-likeness (QED) is 0.528. The molecule has 4 aromatic rings. The summed E-state index contributed by atoms with van der Waals surface area (Å²) in [6, 6.07) is 18.6. The fourth-order valence-corrected chi connectivity index (χ4v) is 3.05. The second-order valence-corrected chi connectivity index (χ2v) is 6.64. The number of carbonyl (C=O) groups is 1. The fraction of sp³-hybridized carbons (Fsp3) is 0.0455. The number of fused-ring (bicyclic) bond motifs is 1. The first kappa shape index (κ1) is 18.7. The Bertz CT molecular complexity index is 1270. The van der Waals surface area contributed by atoms with Gasteiger partial charge < -0.3 is 14.5 Å². The van der Waals surface area contributed by atoms with Gasteiger partial charge in [-0.05, 0) is 54.6 Å². The van der Waals surface area contributed by atoms with Crippen LogP contribution in [0.3, 0.4) is 0 Å². The molecule has 0 bridgehead atoms. The Hall–Kier alpha value is -3.64. The maximum atomic E-state index is 12.5. The zero-order chi connectivity index (χ0) is 20.4. The van der Waals surface area contributed by atoms with Crippen molar-refractivity contribution in [3.8, 4) is 17.2 Å². The smallest absolute Gasteiger partial charge is 0.347 e. The minimum Gasteiger partial charge on any atom is -0.496 e. The number of nitrogens with zero attached hydrogens (tertiary/aromatic N) is 1. The summed E-state index contributed by atoms with van der Waals surface area (Å²) in [4.78, 5) is 29.1. The van der Waals surface area contributed by atoms with Gasteiger partial charge in [0.25, 0.3) is 5.91 Å². The lowest BCUT2D eigenvalue weighted by Crippen LogP contribution is -2.13. The monoisotopic (exact) mass is 406 g/mol. The predicted octanol–water partition coefficient (Wildman–Crippen LogP) is 4.77. The van der Waals surface area contributed by atoms with E-state index in [2.05, 4.69) is 10.3 Å². The number of para-hydroxylation sites is 1. The van der Waals surface area contributed by atoms with Gasteiger partial charge in [0.2, 0.25) is 5.89 Å². The largest absolute Gasteiger partial charge is 0.496 e. The van der Waals surface area contributed by atoms with Crippen molar-refractivity contribution in [3.63, 3.8) is 0 Å². The molecule has 1 N–H and O–H groups in total. The summed E-state index contributed by atoms with van der Waals surface area (Å²) in [6.45, 7) is 0. The van der Waals surface area contributed by atoms with Crippen LogP contribution in [0.2, 0.25) is 5.02 Å². The van der Waals surface area contributed by atoms with Crippen LogP contribution in [-0.2, 0) is 0 Å². The van der Waals surface area contributed by atoms with Crippen LogP contribution in [-0.4, -0.2) is 18.0 Å². The molecule has 4 rings (SSSR count). The van der Waals surface area contributed by atoms with Crippen molar-refractivity contribution in [2.24, 2.45) is 0 Å². The zero-order valence-electron chi connectivity index (χ0n) is 15.3. The fourth-order valence-electron chi connectivity index (χ4n) is 2.89. The summed E-state index contributed by atoms with van der Waals surface area (Å²) in [6.07, 6.45) is 0. The Balaban J connectivity index is 1.59. The molecule has 7 heteroatoms. The number of benzene rings is 3. The van der Waals surface area contributed by atoms with Gasteiger partial charge in [0.05, 0.1) is 23.6 Å². The van der Waals surface area contributed by atoms with Crippen molar-refractivity contribution in [2.75, 3.05) is 12.4 Å². The number of amides is 1. The van der Waals surface area contributed by atoms with Crippen LogP contribution in [0.5, 0.6) is 5.75 Å². The molecule has 0 aliphatic heterocycles. The van der Waals surface area contributed by atoms with E-state index in [4.69, 9.17) is 20.8 Å². The van der Waals surface area contributed by atoms with E-state index < -0.39 is 5.63 Å². The van der Waals surface area contributed by atoms with E-state index in [1.807, 2.05) is 6.07 Å². The van der Waals surface area contributed by atoms with E-state index in [0.29, 0.717) is 38.5 Å². The van der Waals surface area contributed by atoms with Crippen molar-refractivity contribution >= 4 is 34.1 Å². The van der Waals surface area contributed by atoms with Crippen LogP contribution in [0.4, 0.5) is 5.69 Å². The van der Waals surface area contributed by atoms with Gasteiger partial charge in [-0.2, -0.15) is 0 Å². The van der Waals surface area contributed by atoms with E-state index in [1.54, 1.807) is 60.7 Å². The molecule has 0 fully saturated rings. The van der Waals surface area contributed by atoms with Gasteiger partial charge in [-0.3, -0.25) is 4.79 Å². The van der Waals surface area contributed by atoms with Crippen molar-refractivity contribution in [1.82, 2.24) is 4.98 Å². The normalized spacial score (nSPS) is 10.7. The van der Waals surface area contributed by atoms with Crippen molar-refractivity contribution in [1.29, 1.82) is 0 Å². The number of methoxy groups -OCH3 is 1. The molecule has 1 aromatic heterocycles. The molecule has 3 aromatic carbocycles. The second-order valence-electron chi connectivity index (χ2n) is 6.20. The number of ether oxygens (including phenoxy) is 1. The summed E-state index contributed by atoms with van der Waals surface area (Å²) < 4.78 is 10.5. The maximum absolute atomic E-state index is 12.5. The van der Waals surface area contributed by atoms with Crippen molar-refractivity contribution in [3.05, 3.63) is 87.7 Å². The average molecular weight is 407 g/mol. The molecule has 0 aliphatic rings. The first-order valence-electron chi connectivity index (χ1n) is 8.70. The van der Waals surface area contributed by atoms with E-state index in [1.165, 1.54) is 7.11 Å². The molecule has 0 unspecified atom stereocenters. The first-order valence-corrected chi connectivity index (χ1v) is 9.08. The van der Waals surface area contributed by atoms with E-state index in [-0.39, 0.29) is 11.8 Å². The number of nitrogens with one attached hydrogen (secondary N) is 1. The second kappa shape index (κ2) is 7.77. The highest BCUT2D eigenvalue weighted by molar-refractivity contribution is 6.31. The van der Waals surface area contributed by atoms with Gasteiger partial charge in [-0.15, -0.1) is 0 Å². The van der Waals surface area contributed by atoms with Crippen molar-refractivity contribution < 1.29 is 13.9 Å². The summed E-state index contributed by atoms with van der Waals surface area (Å²) in [7, 11) is 1.47. The molecule has 0 spiro atoms. The Kier molecular flexibility index (Phi) is 5.01. The Morgan fingerprint density at radius 1 is 1.07 bits per heavy atom. The lowest BCUT2D eigenvalue weighted by Gasteiger charge is -2.10.